The van der Waals surface area contributed by atoms with E-state index in [4.69, 9.17) is 14.2 Å². The molecule has 0 saturated carbocycles. The zero-order chi connectivity index (χ0) is 57.8. The number of hydrogen-bond donors (Lipinski definition) is 0. The molecule has 6 nitrogen and oxygen atoms in total. The van der Waals surface area contributed by atoms with Crippen LogP contribution in [0.4, 0.5) is 0 Å². The average Bonchev–Trinajstić information content (AvgIpc) is 3.46. The molecule has 0 aliphatic rings. The molecular weight excluding hydrogens is 985 g/mol. The van der Waals surface area contributed by atoms with Gasteiger partial charge in [0.15, 0.2) is 6.10 Å². The summed E-state index contributed by atoms with van der Waals surface area (Å²) < 4.78 is 17.0. The number of esters is 3. The number of unbranched alkanes of at least 4 members (excludes halogenated alkanes) is 44. The van der Waals surface area contributed by atoms with E-state index in [2.05, 4.69) is 81.5 Å². The Balaban J connectivity index is 4.22. The van der Waals surface area contributed by atoms with Gasteiger partial charge in [0.25, 0.3) is 0 Å². The Morgan fingerprint density at radius 1 is 0.263 bits per heavy atom. The van der Waals surface area contributed by atoms with E-state index in [-0.39, 0.29) is 31.1 Å². The summed E-state index contributed by atoms with van der Waals surface area (Å²) in [7, 11) is 0. The normalized spacial score (nSPS) is 12.4. The lowest BCUT2D eigenvalue weighted by Gasteiger charge is -2.18. The summed E-state index contributed by atoms with van der Waals surface area (Å²) in [5, 5.41) is 0. The molecular formula is C74H134O6. The fourth-order valence-electron chi connectivity index (χ4n) is 10.5. The van der Waals surface area contributed by atoms with E-state index in [0.29, 0.717) is 19.3 Å². The summed E-state index contributed by atoms with van der Waals surface area (Å²) in [5.41, 5.74) is 0. The maximum Gasteiger partial charge on any atom is 0.306 e. The Morgan fingerprint density at radius 2 is 0.487 bits per heavy atom. The molecule has 80 heavy (non-hydrogen) atoms. The predicted molar refractivity (Wildman–Crippen MR) is 348 cm³/mol. The minimum atomic E-state index is -0.777. The van der Waals surface area contributed by atoms with E-state index in [0.717, 1.165) is 89.9 Å². The highest BCUT2D eigenvalue weighted by atomic mass is 16.6. The Hall–Kier alpha value is -2.89. The lowest BCUT2D eigenvalue weighted by atomic mass is 10.0. The molecule has 0 aliphatic heterocycles. The molecule has 0 fully saturated rings. The highest BCUT2D eigenvalue weighted by molar-refractivity contribution is 5.71. The van der Waals surface area contributed by atoms with Crippen LogP contribution in [0.1, 0.15) is 374 Å². The molecule has 0 spiro atoms. The van der Waals surface area contributed by atoms with Crippen molar-refractivity contribution < 1.29 is 28.6 Å². The summed E-state index contributed by atoms with van der Waals surface area (Å²) >= 11 is 0. The van der Waals surface area contributed by atoms with E-state index in [1.165, 1.54) is 244 Å². The SMILES string of the molecule is CC/C=C\C/C=C\C/C=C\C/C=C\CCCCCCCCCCCCCCC(=O)OCC(COC(=O)CCCCCCC/C=C\CCCCC)OC(=O)CCCCCCCCCCCCCCCCCCCCCCCCCCC. The zero-order valence-corrected chi connectivity index (χ0v) is 53.6. The van der Waals surface area contributed by atoms with Gasteiger partial charge in [-0.1, -0.05) is 332 Å². The number of ether oxygens (including phenoxy) is 3. The topological polar surface area (TPSA) is 78.9 Å². The van der Waals surface area contributed by atoms with Gasteiger partial charge in [-0.15, -0.1) is 0 Å². The van der Waals surface area contributed by atoms with Gasteiger partial charge in [-0.05, 0) is 83.5 Å². The van der Waals surface area contributed by atoms with Crippen LogP contribution in [0.25, 0.3) is 0 Å². The highest BCUT2D eigenvalue weighted by Gasteiger charge is 2.19. The van der Waals surface area contributed by atoms with Crippen molar-refractivity contribution in [1.29, 1.82) is 0 Å². The molecule has 0 aromatic rings. The third-order valence-electron chi connectivity index (χ3n) is 15.8. The van der Waals surface area contributed by atoms with Crippen molar-refractivity contribution in [2.45, 2.75) is 380 Å². The maximum absolute atomic E-state index is 13.0. The van der Waals surface area contributed by atoms with E-state index in [1.807, 2.05) is 0 Å². The molecule has 466 valence electrons. The second-order valence-electron chi connectivity index (χ2n) is 23.8. The maximum atomic E-state index is 13.0. The van der Waals surface area contributed by atoms with Crippen molar-refractivity contribution in [2.75, 3.05) is 13.2 Å². The molecule has 1 unspecified atom stereocenters. The summed E-state index contributed by atoms with van der Waals surface area (Å²) in [6.07, 6.45) is 88.3. The molecule has 6 heteroatoms. The molecule has 0 bridgehead atoms. The number of carbonyl (C=O) groups is 3. The molecule has 0 aromatic carbocycles. The van der Waals surface area contributed by atoms with Gasteiger partial charge in [-0.25, -0.2) is 0 Å². The van der Waals surface area contributed by atoms with Crippen LogP contribution in [-0.4, -0.2) is 37.2 Å². The minimum absolute atomic E-state index is 0.0737. The Bertz CT molecular complexity index is 1430. The first-order valence-electron chi connectivity index (χ1n) is 35.3. The number of carbonyl (C=O) groups excluding carboxylic acids is 3. The molecule has 0 radical (unpaired) electrons. The number of allylic oxidation sites excluding steroid dienone is 10. The van der Waals surface area contributed by atoms with Crippen molar-refractivity contribution in [3.63, 3.8) is 0 Å². The summed E-state index contributed by atoms with van der Waals surface area (Å²) in [4.78, 5) is 38.4. The number of hydrogen-bond acceptors (Lipinski definition) is 6. The average molecular weight is 1120 g/mol. The van der Waals surface area contributed by atoms with Crippen LogP contribution in [0.2, 0.25) is 0 Å². The highest BCUT2D eigenvalue weighted by Crippen LogP contribution is 2.18. The van der Waals surface area contributed by atoms with Gasteiger partial charge >= 0.3 is 17.9 Å². The van der Waals surface area contributed by atoms with Crippen LogP contribution in [0.5, 0.6) is 0 Å². The molecule has 0 rings (SSSR count). The van der Waals surface area contributed by atoms with Gasteiger partial charge in [0.05, 0.1) is 0 Å². The van der Waals surface area contributed by atoms with Crippen LogP contribution >= 0.6 is 0 Å². The van der Waals surface area contributed by atoms with Crippen molar-refractivity contribution in [3.8, 4) is 0 Å². The minimum Gasteiger partial charge on any atom is -0.462 e. The Kier molecular flexibility index (Phi) is 66.1. The molecule has 0 aromatic heterocycles. The van der Waals surface area contributed by atoms with Gasteiger partial charge < -0.3 is 14.2 Å². The van der Waals surface area contributed by atoms with Gasteiger partial charge in [0.2, 0.25) is 0 Å². The zero-order valence-electron chi connectivity index (χ0n) is 53.6. The smallest absolute Gasteiger partial charge is 0.306 e. The van der Waals surface area contributed by atoms with Crippen LogP contribution in [0, 0.1) is 0 Å². The van der Waals surface area contributed by atoms with E-state index in [9.17, 15) is 14.4 Å². The van der Waals surface area contributed by atoms with Crippen LogP contribution in [0.15, 0.2) is 60.8 Å². The lowest BCUT2D eigenvalue weighted by Crippen LogP contribution is -2.30. The third kappa shape index (κ3) is 65.9. The Morgan fingerprint density at radius 3 is 0.800 bits per heavy atom. The molecule has 0 amide bonds. The van der Waals surface area contributed by atoms with Crippen LogP contribution < -0.4 is 0 Å². The largest absolute Gasteiger partial charge is 0.462 e. The second kappa shape index (κ2) is 68.6. The van der Waals surface area contributed by atoms with Gasteiger partial charge in [-0.3, -0.25) is 14.4 Å². The predicted octanol–water partition coefficient (Wildman–Crippen LogP) is 24.3. The van der Waals surface area contributed by atoms with Crippen LogP contribution in [-0.2, 0) is 28.6 Å². The summed E-state index contributed by atoms with van der Waals surface area (Å²) in [6, 6.07) is 0. The van der Waals surface area contributed by atoms with Gasteiger partial charge in [-0.2, -0.15) is 0 Å². The lowest BCUT2D eigenvalue weighted by molar-refractivity contribution is -0.167. The van der Waals surface area contributed by atoms with Gasteiger partial charge in [0.1, 0.15) is 13.2 Å². The second-order valence-corrected chi connectivity index (χ2v) is 23.8. The van der Waals surface area contributed by atoms with Crippen molar-refractivity contribution in [3.05, 3.63) is 60.8 Å². The van der Waals surface area contributed by atoms with Crippen LogP contribution in [0.3, 0.4) is 0 Å². The molecule has 0 N–H and O–H groups in total. The van der Waals surface area contributed by atoms with E-state index >= 15 is 0 Å². The third-order valence-corrected chi connectivity index (χ3v) is 15.8. The standard InChI is InChI=1S/C74H134O6/c1-4-7-10-13-16-19-22-25-27-29-31-33-35-37-39-41-43-45-47-49-52-55-58-61-64-67-73(76)79-70-71(69-78-72(75)66-63-60-57-54-51-24-21-18-15-12-9-6-3)80-74(77)68-65-62-59-56-53-50-48-46-44-42-40-38-36-34-32-30-28-26-23-20-17-14-11-8-5-2/h7,10,16,18-19,21,25,27,31,33,71H,4-6,8-9,11-15,17,20,22-24,26,28-30,32,34-70H2,1-3H3/b10-7-,19-16-,21-18-,27-25-,33-31-. The van der Waals surface area contributed by atoms with E-state index < -0.39 is 6.10 Å². The fourth-order valence-corrected chi connectivity index (χ4v) is 10.5. The van der Waals surface area contributed by atoms with Crippen molar-refractivity contribution in [2.24, 2.45) is 0 Å². The Labute approximate surface area is 498 Å². The fraction of sp³-hybridized carbons (Fsp3) is 0.824. The van der Waals surface area contributed by atoms with Crippen molar-refractivity contribution >= 4 is 17.9 Å². The quantitative estimate of drug-likeness (QED) is 0.0261. The first kappa shape index (κ1) is 77.1. The van der Waals surface area contributed by atoms with Gasteiger partial charge in [0, 0.05) is 19.3 Å². The molecule has 0 heterocycles. The van der Waals surface area contributed by atoms with E-state index in [1.54, 1.807) is 0 Å². The first-order chi connectivity index (χ1) is 39.5. The summed E-state index contributed by atoms with van der Waals surface area (Å²) in [6.45, 7) is 6.56. The molecule has 0 saturated heterocycles. The molecule has 1 atom stereocenters. The van der Waals surface area contributed by atoms with Crippen molar-refractivity contribution in [1.82, 2.24) is 0 Å². The molecule has 0 aliphatic carbocycles. The number of rotatable bonds is 65. The monoisotopic (exact) mass is 1120 g/mol. The summed E-state index contributed by atoms with van der Waals surface area (Å²) in [5.74, 6) is -0.861. The first-order valence-corrected chi connectivity index (χ1v) is 35.3.